The molecule has 0 fully saturated rings. The van der Waals surface area contributed by atoms with Crippen molar-refractivity contribution in [1.29, 1.82) is 0 Å². The second-order valence-corrected chi connectivity index (χ2v) is 5.10. The van der Waals surface area contributed by atoms with Crippen LogP contribution < -0.4 is 5.43 Å². The van der Waals surface area contributed by atoms with E-state index in [4.69, 9.17) is 0 Å². The van der Waals surface area contributed by atoms with E-state index in [0.717, 1.165) is 6.07 Å². The molecule has 1 N–H and O–H groups in total. The minimum Gasteiger partial charge on any atom is -0.271 e. The molecule has 0 aromatic heterocycles. The van der Waals surface area contributed by atoms with E-state index >= 15 is 0 Å². The molecule has 0 aliphatic heterocycles. The maximum absolute atomic E-state index is 12.7. The highest BCUT2D eigenvalue weighted by molar-refractivity contribution is 5.99. The lowest BCUT2D eigenvalue weighted by Gasteiger charge is -2.09. The summed E-state index contributed by atoms with van der Waals surface area (Å²) in [5, 5.41) is 25.5. The average Bonchev–Trinajstić information content (AvgIpc) is 2.58. The van der Waals surface area contributed by atoms with Gasteiger partial charge in [0.2, 0.25) is 0 Å². The van der Waals surface area contributed by atoms with Crippen LogP contribution in [0.15, 0.2) is 47.6 Å². The van der Waals surface area contributed by atoms with E-state index in [1.54, 1.807) is 0 Å². The summed E-state index contributed by atoms with van der Waals surface area (Å²) < 4.78 is 38.0. The monoisotopic (exact) mass is 368 g/mol. The SMILES string of the molecule is C/C(=N\Nc1ccc(C(F)(F)F)cc1[N+](=O)[O-])c1ccc([N+](=O)[O-])cc1. The van der Waals surface area contributed by atoms with E-state index in [2.05, 4.69) is 10.5 Å². The third-order valence-electron chi connectivity index (χ3n) is 3.36. The number of nitrogens with zero attached hydrogens (tertiary/aromatic N) is 3. The Morgan fingerprint density at radius 1 is 1.04 bits per heavy atom. The van der Waals surface area contributed by atoms with Gasteiger partial charge in [0.25, 0.3) is 11.4 Å². The van der Waals surface area contributed by atoms with Crippen LogP contribution in [-0.2, 0) is 6.18 Å². The van der Waals surface area contributed by atoms with Crippen LogP contribution in [0.5, 0.6) is 0 Å². The molecular formula is C15H11F3N4O4. The first-order valence-electron chi connectivity index (χ1n) is 7.00. The molecule has 2 aromatic rings. The molecule has 2 rings (SSSR count). The van der Waals surface area contributed by atoms with Crippen molar-refractivity contribution in [2.24, 2.45) is 5.10 Å². The minimum atomic E-state index is -4.71. The summed E-state index contributed by atoms with van der Waals surface area (Å²) in [6, 6.07) is 7.40. The van der Waals surface area contributed by atoms with Crippen molar-refractivity contribution in [3.8, 4) is 0 Å². The average molecular weight is 368 g/mol. The van der Waals surface area contributed by atoms with Crippen LogP contribution in [0.2, 0.25) is 0 Å². The second-order valence-electron chi connectivity index (χ2n) is 5.10. The second kappa shape index (κ2) is 7.17. The van der Waals surface area contributed by atoms with Crippen molar-refractivity contribution < 1.29 is 23.0 Å². The van der Waals surface area contributed by atoms with E-state index in [1.807, 2.05) is 0 Å². The zero-order chi connectivity index (χ0) is 19.5. The Morgan fingerprint density at radius 2 is 1.65 bits per heavy atom. The van der Waals surface area contributed by atoms with Gasteiger partial charge in [0.05, 0.1) is 21.1 Å². The number of halogens is 3. The van der Waals surface area contributed by atoms with Gasteiger partial charge in [0.1, 0.15) is 5.69 Å². The molecule has 0 aliphatic carbocycles. The molecule has 0 spiro atoms. The minimum absolute atomic E-state index is 0.118. The number of nitro groups is 2. The van der Waals surface area contributed by atoms with Crippen LogP contribution >= 0.6 is 0 Å². The fourth-order valence-electron chi connectivity index (χ4n) is 1.99. The summed E-state index contributed by atoms with van der Waals surface area (Å²) in [7, 11) is 0. The van der Waals surface area contributed by atoms with Gasteiger partial charge < -0.3 is 0 Å². The molecule has 0 heterocycles. The highest BCUT2D eigenvalue weighted by Crippen LogP contribution is 2.35. The smallest absolute Gasteiger partial charge is 0.271 e. The maximum Gasteiger partial charge on any atom is 0.416 e. The molecule has 8 nitrogen and oxygen atoms in total. The van der Waals surface area contributed by atoms with Crippen LogP contribution in [0, 0.1) is 20.2 Å². The molecule has 0 atom stereocenters. The number of nitrogens with one attached hydrogen (secondary N) is 1. The van der Waals surface area contributed by atoms with Crippen molar-refractivity contribution >= 4 is 22.8 Å². The lowest BCUT2D eigenvalue weighted by molar-refractivity contribution is -0.384. The largest absolute Gasteiger partial charge is 0.416 e. The number of hydrazone groups is 1. The predicted molar refractivity (Wildman–Crippen MR) is 87.0 cm³/mol. The molecule has 0 bridgehead atoms. The van der Waals surface area contributed by atoms with Crippen LogP contribution in [-0.4, -0.2) is 15.6 Å². The molecule has 136 valence electrons. The van der Waals surface area contributed by atoms with Gasteiger partial charge in [-0.05, 0) is 36.8 Å². The Hall–Kier alpha value is -3.50. The molecule has 0 radical (unpaired) electrons. The lowest BCUT2D eigenvalue weighted by atomic mass is 10.1. The summed E-state index contributed by atoms with van der Waals surface area (Å²) in [6.07, 6.45) is -4.71. The van der Waals surface area contributed by atoms with Crippen LogP contribution in [0.1, 0.15) is 18.1 Å². The molecule has 11 heteroatoms. The Balaban J connectivity index is 2.28. The zero-order valence-corrected chi connectivity index (χ0v) is 13.1. The molecule has 0 amide bonds. The van der Waals surface area contributed by atoms with Gasteiger partial charge >= 0.3 is 6.18 Å². The first kappa shape index (κ1) is 18.8. The molecular weight excluding hydrogens is 357 g/mol. The van der Waals surface area contributed by atoms with Gasteiger partial charge in [-0.2, -0.15) is 18.3 Å². The number of non-ortho nitro benzene ring substituents is 1. The number of anilines is 1. The number of benzene rings is 2. The maximum atomic E-state index is 12.7. The summed E-state index contributed by atoms with van der Waals surface area (Å²) in [5.41, 5.74) is 0.919. The van der Waals surface area contributed by atoms with E-state index in [1.165, 1.54) is 31.2 Å². The lowest BCUT2D eigenvalue weighted by Crippen LogP contribution is -2.07. The van der Waals surface area contributed by atoms with Gasteiger partial charge in [-0.3, -0.25) is 25.7 Å². The Labute approximate surface area is 144 Å². The summed E-state index contributed by atoms with van der Waals surface area (Å²) in [5.74, 6) is 0. The molecule has 26 heavy (non-hydrogen) atoms. The summed E-state index contributed by atoms with van der Waals surface area (Å²) in [4.78, 5) is 20.1. The van der Waals surface area contributed by atoms with Gasteiger partial charge in [-0.15, -0.1) is 0 Å². The van der Waals surface area contributed by atoms with Gasteiger partial charge in [0.15, 0.2) is 0 Å². The van der Waals surface area contributed by atoms with Crippen molar-refractivity contribution in [3.05, 3.63) is 73.8 Å². The molecule has 0 saturated heterocycles. The molecule has 2 aromatic carbocycles. The van der Waals surface area contributed by atoms with Gasteiger partial charge in [-0.1, -0.05) is 0 Å². The van der Waals surface area contributed by atoms with Gasteiger partial charge in [-0.25, -0.2) is 0 Å². The summed E-state index contributed by atoms with van der Waals surface area (Å²) in [6.45, 7) is 1.53. The number of hydrogen-bond donors (Lipinski definition) is 1. The number of hydrogen-bond acceptors (Lipinski definition) is 6. The first-order valence-corrected chi connectivity index (χ1v) is 7.00. The van der Waals surface area contributed by atoms with Crippen LogP contribution in [0.4, 0.5) is 30.2 Å². The first-order chi connectivity index (χ1) is 12.1. The zero-order valence-electron chi connectivity index (χ0n) is 13.1. The van der Waals surface area contributed by atoms with E-state index in [9.17, 15) is 33.4 Å². The highest BCUT2D eigenvalue weighted by atomic mass is 19.4. The number of nitro benzene ring substituents is 2. The Morgan fingerprint density at radius 3 is 2.15 bits per heavy atom. The van der Waals surface area contributed by atoms with Crippen molar-refractivity contribution in [3.63, 3.8) is 0 Å². The number of alkyl halides is 3. The fraction of sp³-hybridized carbons (Fsp3) is 0.133. The molecule has 0 aliphatic rings. The van der Waals surface area contributed by atoms with Crippen molar-refractivity contribution in [2.45, 2.75) is 13.1 Å². The fourth-order valence-corrected chi connectivity index (χ4v) is 1.99. The van der Waals surface area contributed by atoms with E-state index in [0.29, 0.717) is 23.4 Å². The van der Waals surface area contributed by atoms with Crippen LogP contribution in [0.25, 0.3) is 0 Å². The van der Waals surface area contributed by atoms with E-state index in [-0.39, 0.29) is 11.4 Å². The standard InChI is InChI=1S/C15H11F3N4O4/c1-9(10-2-5-12(6-3-10)21(23)24)19-20-13-7-4-11(15(16,17)18)8-14(13)22(25)26/h2-8,20H,1H3/b19-9+. The highest BCUT2D eigenvalue weighted by Gasteiger charge is 2.33. The van der Waals surface area contributed by atoms with Crippen LogP contribution in [0.3, 0.4) is 0 Å². The van der Waals surface area contributed by atoms with Crippen molar-refractivity contribution in [2.75, 3.05) is 5.43 Å². The normalized spacial score (nSPS) is 11.9. The molecule has 0 saturated carbocycles. The summed E-state index contributed by atoms with van der Waals surface area (Å²) >= 11 is 0. The van der Waals surface area contributed by atoms with Gasteiger partial charge in [0, 0.05) is 18.2 Å². The Bertz CT molecular complexity index is 879. The molecule has 0 unspecified atom stereocenters. The Kier molecular flexibility index (Phi) is 5.19. The predicted octanol–water partition coefficient (Wildman–Crippen LogP) is 4.36. The van der Waals surface area contributed by atoms with E-state index < -0.39 is 27.3 Å². The van der Waals surface area contributed by atoms with Crippen molar-refractivity contribution in [1.82, 2.24) is 0 Å². The quantitative estimate of drug-likeness (QED) is 0.479. The third kappa shape index (κ3) is 4.32. The third-order valence-corrected chi connectivity index (χ3v) is 3.36. The topological polar surface area (TPSA) is 111 Å². The number of rotatable bonds is 5.